The lowest BCUT2D eigenvalue weighted by molar-refractivity contribution is 0.633. The van der Waals surface area contributed by atoms with Crippen LogP contribution < -0.4 is 10.6 Å². The van der Waals surface area contributed by atoms with Crippen molar-refractivity contribution < 1.29 is 0 Å². The predicted octanol–water partition coefficient (Wildman–Crippen LogP) is 3.31. The van der Waals surface area contributed by atoms with Crippen LogP contribution in [0, 0.1) is 0 Å². The first-order valence-electron chi connectivity index (χ1n) is 8.64. The number of hydrogen-bond acceptors (Lipinski definition) is 2. The van der Waals surface area contributed by atoms with Crippen LogP contribution in [-0.2, 0) is 6.42 Å². The summed E-state index contributed by atoms with van der Waals surface area (Å²) in [5.41, 5.74) is 2.36. The van der Waals surface area contributed by atoms with Gasteiger partial charge in [0.05, 0.1) is 5.69 Å². The second-order valence-electron chi connectivity index (χ2n) is 5.91. The Kier molecular flexibility index (Phi) is 7.97. The van der Waals surface area contributed by atoms with E-state index in [0.717, 1.165) is 44.0 Å². The topological polar surface area (TPSA) is 54.2 Å². The summed E-state index contributed by atoms with van der Waals surface area (Å²) in [6.45, 7) is 3.75. The average molecular weight is 451 g/mol. The zero-order valence-corrected chi connectivity index (χ0v) is 16.9. The summed E-state index contributed by atoms with van der Waals surface area (Å²) in [6.07, 6.45) is 11.3. The molecule has 0 radical (unpaired) electrons. The number of guanidine groups is 1. The molecule has 1 aromatic heterocycles. The van der Waals surface area contributed by atoms with E-state index >= 15 is 0 Å². The van der Waals surface area contributed by atoms with Gasteiger partial charge in [0.2, 0.25) is 0 Å². The Balaban J connectivity index is 0.00000225. The number of rotatable bonds is 6. The number of aliphatic imine (C=N–C) groups is 1. The van der Waals surface area contributed by atoms with Crippen molar-refractivity contribution >= 4 is 29.9 Å². The van der Waals surface area contributed by atoms with E-state index in [1.165, 1.54) is 5.56 Å². The van der Waals surface area contributed by atoms with Gasteiger partial charge in [0.1, 0.15) is 0 Å². The highest BCUT2D eigenvalue weighted by molar-refractivity contribution is 14.0. The quantitative estimate of drug-likeness (QED) is 0.307. The van der Waals surface area contributed by atoms with Crippen LogP contribution in [-0.4, -0.2) is 34.9 Å². The SMILES string of the molecule is CCNC(=NCCc1ccc(-n2cccn2)cc1)NC1CC=CC1.I. The molecule has 0 saturated heterocycles. The molecule has 1 aliphatic carbocycles. The molecule has 0 fully saturated rings. The molecule has 1 heterocycles. The second-order valence-corrected chi connectivity index (χ2v) is 5.91. The first-order chi connectivity index (χ1) is 11.8. The lowest BCUT2D eigenvalue weighted by atomic mass is 10.1. The van der Waals surface area contributed by atoms with Gasteiger partial charge in [0, 0.05) is 31.5 Å². The molecule has 0 saturated carbocycles. The molecular formula is C19H26IN5. The maximum absolute atomic E-state index is 4.69. The summed E-state index contributed by atoms with van der Waals surface area (Å²) in [4.78, 5) is 4.69. The zero-order chi connectivity index (χ0) is 16.6. The van der Waals surface area contributed by atoms with Crippen molar-refractivity contribution in [1.82, 2.24) is 20.4 Å². The molecule has 0 unspecified atom stereocenters. The number of hydrogen-bond donors (Lipinski definition) is 2. The summed E-state index contributed by atoms with van der Waals surface area (Å²) in [6, 6.07) is 10.9. The van der Waals surface area contributed by atoms with Crippen LogP contribution in [0.3, 0.4) is 0 Å². The highest BCUT2D eigenvalue weighted by Gasteiger charge is 2.11. The van der Waals surface area contributed by atoms with Crippen molar-refractivity contribution in [1.29, 1.82) is 0 Å². The third-order valence-corrected chi connectivity index (χ3v) is 4.07. The van der Waals surface area contributed by atoms with Gasteiger partial charge in [-0.05, 0) is 49.9 Å². The molecule has 3 rings (SSSR count). The third-order valence-electron chi connectivity index (χ3n) is 4.07. The van der Waals surface area contributed by atoms with E-state index < -0.39 is 0 Å². The summed E-state index contributed by atoms with van der Waals surface area (Å²) in [5, 5.41) is 11.1. The smallest absolute Gasteiger partial charge is 0.191 e. The Bertz CT molecular complexity index is 668. The Morgan fingerprint density at radius 2 is 2.00 bits per heavy atom. The fourth-order valence-corrected chi connectivity index (χ4v) is 2.78. The molecule has 25 heavy (non-hydrogen) atoms. The molecular weight excluding hydrogens is 425 g/mol. The van der Waals surface area contributed by atoms with Gasteiger partial charge in [-0.15, -0.1) is 24.0 Å². The van der Waals surface area contributed by atoms with Crippen molar-refractivity contribution in [3.8, 4) is 5.69 Å². The van der Waals surface area contributed by atoms with Crippen molar-refractivity contribution in [3.63, 3.8) is 0 Å². The van der Waals surface area contributed by atoms with Gasteiger partial charge in [-0.1, -0.05) is 24.3 Å². The minimum absolute atomic E-state index is 0. The standard InChI is InChI=1S/C19H25N5.HI/c1-2-20-19(23-17-6-3-4-7-17)21-14-12-16-8-10-18(11-9-16)24-15-5-13-22-24;/h3-5,8-11,13,15,17H,2,6-7,12,14H2,1H3,(H2,20,21,23);1H. The van der Waals surface area contributed by atoms with Crippen LogP contribution in [0.1, 0.15) is 25.3 Å². The van der Waals surface area contributed by atoms with Crippen molar-refractivity contribution in [3.05, 3.63) is 60.4 Å². The predicted molar refractivity (Wildman–Crippen MR) is 114 cm³/mol. The molecule has 2 N–H and O–H groups in total. The van der Waals surface area contributed by atoms with Gasteiger partial charge >= 0.3 is 0 Å². The van der Waals surface area contributed by atoms with Crippen LogP contribution >= 0.6 is 24.0 Å². The van der Waals surface area contributed by atoms with Gasteiger partial charge in [0.25, 0.3) is 0 Å². The molecule has 6 heteroatoms. The molecule has 0 bridgehead atoms. The van der Waals surface area contributed by atoms with Crippen LogP contribution in [0.4, 0.5) is 0 Å². The first kappa shape index (κ1) is 19.5. The van der Waals surface area contributed by atoms with Crippen LogP contribution in [0.15, 0.2) is 59.9 Å². The number of benzene rings is 1. The van der Waals surface area contributed by atoms with Crippen molar-refractivity contribution in [2.45, 2.75) is 32.2 Å². The lowest BCUT2D eigenvalue weighted by Gasteiger charge is -2.16. The first-order valence-corrected chi connectivity index (χ1v) is 8.64. The maximum atomic E-state index is 4.69. The monoisotopic (exact) mass is 451 g/mol. The van der Waals surface area contributed by atoms with Gasteiger partial charge in [0.15, 0.2) is 5.96 Å². The molecule has 0 atom stereocenters. The Hall–Kier alpha value is -1.83. The van der Waals surface area contributed by atoms with Gasteiger partial charge in [-0.25, -0.2) is 4.68 Å². The van der Waals surface area contributed by atoms with E-state index in [1.807, 2.05) is 16.9 Å². The molecule has 1 aliphatic rings. The Labute approximate surface area is 166 Å². The lowest BCUT2D eigenvalue weighted by Crippen LogP contribution is -2.42. The number of halogens is 1. The molecule has 134 valence electrons. The molecule has 2 aromatic rings. The Morgan fingerprint density at radius 3 is 2.64 bits per heavy atom. The maximum Gasteiger partial charge on any atom is 0.191 e. The highest BCUT2D eigenvalue weighted by Crippen LogP contribution is 2.10. The molecule has 0 aliphatic heterocycles. The van der Waals surface area contributed by atoms with Gasteiger partial charge in [-0.2, -0.15) is 5.10 Å². The average Bonchev–Trinajstić information content (AvgIpc) is 3.29. The van der Waals surface area contributed by atoms with Crippen molar-refractivity contribution in [2.75, 3.05) is 13.1 Å². The van der Waals surface area contributed by atoms with Crippen LogP contribution in [0.2, 0.25) is 0 Å². The van der Waals surface area contributed by atoms with E-state index in [4.69, 9.17) is 4.99 Å². The van der Waals surface area contributed by atoms with Gasteiger partial charge in [-0.3, -0.25) is 4.99 Å². The second kappa shape index (κ2) is 10.2. The van der Waals surface area contributed by atoms with E-state index in [1.54, 1.807) is 6.20 Å². The van der Waals surface area contributed by atoms with E-state index in [2.05, 4.69) is 59.1 Å². The fraction of sp³-hybridized carbons (Fsp3) is 0.368. The van der Waals surface area contributed by atoms with Gasteiger partial charge < -0.3 is 10.6 Å². The Morgan fingerprint density at radius 1 is 1.24 bits per heavy atom. The van der Waals surface area contributed by atoms with E-state index in [9.17, 15) is 0 Å². The molecule has 0 spiro atoms. The van der Waals surface area contributed by atoms with Crippen LogP contribution in [0.25, 0.3) is 5.69 Å². The van der Waals surface area contributed by atoms with Crippen LogP contribution in [0.5, 0.6) is 0 Å². The highest BCUT2D eigenvalue weighted by atomic mass is 127. The normalized spacial score (nSPS) is 14.4. The minimum Gasteiger partial charge on any atom is -0.357 e. The van der Waals surface area contributed by atoms with E-state index in [0.29, 0.717) is 6.04 Å². The summed E-state index contributed by atoms with van der Waals surface area (Å²) >= 11 is 0. The minimum atomic E-state index is 0. The third kappa shape index (κ3) is 5.88. The summed E-state index contributed by atoms with van der Waals surface area (Å²) in [7, 11) is 0. The number of aromatic nitrogens is 2. The summed E-state index contributed by atoms with van der Waals surface area (Å²) < 4.78 is 1.87. The molecule has 5 nitrogen and oxygen atoms in total. The molecule has 0 amide bonds. The fourth-order valence-electron chi connectivity index (χ4n) is 2.78. The zero-order valence-electron chi connectivity index (χ0n) is 14.6. The van der Waals surface area contributed by atoms with E-state index in [-0.39, 0.29) is 24.0 Å². The number of nitrogens with zero attached hydrogens (tertiary/aromatic N) is 3. The number of nitrogens with one attached hydrogen (secondary N) is 2. The van der Waals surface area contributed by atoms with Crippen molar-refractivity contribution in [2.24, 2.45) is 4.99 Å². The summed E-state index contributed by atoms with van der Waals surface area (Å²) in [5.74, 6) is 0.916. The largest absolute Gasteiger partial charge is 0.357 e. The molecule has 1 aromatic carbocycles.